The van der Waals surface area contributed by atoms with Crippen molar-refractivity contribution in [3.8, 4) is 0 Å². The van der Waals surface area contributed by atoms with Gasteiger partial charge in [0, 0.05) is 20.7 Å². The van der Waals surface area contributed by atoms with Crippen molar-refractivity contribution in [3.63, 3.8) is 0 Å². The molecule has 0 aromatic heterocycles. The first-order chi connectivity index (χ1) is 8.52. The monoisotopic (exact) mass is 251 g/mol. The molecule has 4 heteroatoms. The van der Waals surface area contributed by atoms with Gasteiger partial charge in [0.25, 0.3) is 0 Å². The molecule has 1 N–H and O–H groups in total. The molecule has 1 aromatic carbocycles. The lowest BCUT2D eigenvalue weighted by Crippen LogP contribution is -2.37. The van der Waals surface area contributed by atoms with Gasteiger partial charge in [-0.3, -0.25) is 4.79 Å². The number of hydrogen-bond acceptors (Lipinski definition) is 3. The molecule has 0 bridgehead atoms. The molecule has 18 heavy (non-hydrogen) atoms. The smallest absolute Gasteiger partial charge is 0.226 e. The summed E-state index contributed by atoms with van der Waals surface area (Å²) >= 11 is 0. The van der Waals surface area contributed by atoms with Gasteiger partial charge < -0.3 is 14.7 Å². The van der Waals surface area contributed by atoms with Crippen molar-refractivity contribution in [1.29, 1.82) is 0 Å². The molecule has 0 heterocycles. The van der Waals surface area contributed by atoms with Crippen LogP contribution in [0, 0.1) is 6.92 Å². The van der Waals surface area contributed by atoms with E-state index in [9.17, 15) is 9.90 Å². The van der Waals surface area contributed by atoms with Crippen LogP contribution in [-0.2, 0) is 16.0 Å². The van der Waals surface area contributed by atoms with E-state index in [1.165, 1.54) is 12.0 Å². The van der Waals surface area contributed by atoms with Gasteiger partial charge in [-0.2, -0.15) is 0 Å². The summed E-state index contributed by atoms with van der Waals surface area (Å²) in [4.78, 5) is 13.5. The molecule has 1 atom stereocenters. The molecule has 0 aliphatic rings. The Balaban J connectivity index is 2.49. The maximum atomic E-state index is 11.9. The van der Waals surface area contributed by atoms with Gasteiger partial charge >= 0.3 is 0 Å². The average molecular weight is 251 g/mol. The average Bonchev–Trinajstić information content (AvgIpc) is 2.29. The minimum absolute atomic E-state index is 0.00393. The second kappa shape index (κ2) is 7.13. The normalized spacial score (nSPS) is 12.2. The van der Waals surface area contributed by atoms with Crippen LogP contribution in [0.15, 0.2) is 24.3 Å². The summed E-state index contributed by atoms with van der Waals surface area (Å²) in [6, 6.07) is 7.87. The molecule has 0 aliphatic heterocycles. The first-order valence-electron chi connectivity index (χ1n) is 5.99. The number of likely N-dealkylation sites (N-methyl/N-ethyl adjacent to an activating group) is 1. The van der Waals surface area contributed by atoms with Crippen molar-refractivity contribution in [2.45, 2.75) is 19.4 Å². The van der Waals surface area contributed by atoms with Crippen molar-refractivity contribution >= 4 is 5.91 Å². The molecule has 0 saturated carbocycles. The first kappa shape index (κ1) is 14.7. The Morgan fingerprint density at radius 2 is 2.22 bits per heavy atom. The van der Waals surface area contributed by atoms with Gasteiger partial charge in [-0.05, 0) is 12.5 Å². The Bertz CT molecular complexity index is 392. The van der Waals surface area contributed by atoms with Crippen LogP contribution in [0.4, 0.5) is 0 Å². The molecule has 0 fully saturated rings. The van der Waals surface area contributed by atoms with E-state index in [0.29, 0.717) is 13.0 Å². The first-order valence-corrected chi connectivity index (χ1v) is 5.99. The fourth-order valence-electron chi connectivity index (χ4n) is 1.79. The van der Waals surface area contributed by atoms with Crippen LogP contribution in [-0.4, -0.2) is 49.3 Å². The van der Waals surface area contributed by atoms with E-state index in [4.69, 9.17) is 4.74 Å². The highest BCUT2D eigenvalue weighted by atomic mass is 16.5. The number of hydrogen-bond donors (Lipinski definition) is 1. The van der Waals surface area contributed by atoms with Gasteiger partial charge in [0.2, 0.25) is 5.91 Å². The topological polar surface area (TPSA) is 49.8 Å². The number of carbonyl (C=O) groups is 1. The van der Waals surface area contributed by atoms with Crippen LogP contribution in [0.5, 0.6) is 0 Å². The molecule has 0 spiro atoms. The van der Waals surface area contributed by atoms with Crippen molar-refractivity contribution in [2.75, 3.05) is 27.3 Å². The predicted octanol–water partition coefficient (Wildman–Crippen LogP) is 1.00. The third-order valence-corrected chi connectivity index (χ3v) is 2.71. The third-order valence-electron chi connectivity index (χ3n) is 2.71. The number of nitrogens with zero attached hydrogens (tertiary/aromatic N) is 1. The summed E-state index contributed by atoms with van der Waals surface area (Å²) in [5.74, 6) is -0.00393. The van der Waals surface area contributed by atoms with Crippen molar-refractivity contribution in [1.82, 2.24) is 4.90 Å². The highest BCUT2D eigenvalue weighted by Crippen LogP contribution is 2.06. The van der Waals surface area contributed by atoms with Crippen LogP contribution in [0.3, 0.4) is 0 Å². The van der Waals surface area contributed by atoms with Gasteiger partial charge in [-0.25, -0.2) is 0 Å². The molecule has 0 aliphatic carbocycles. The number of amides is 1. The summed E-state index contributed by atoms with van der Waals surface area (Å²) < 4.78 is 4.83. The van der Waals surface area contributed by atoms with Gasteiger partial charge in [0.15, 0.2) is 0 Å². The molecule has 1 aromatic rings. The highest BCUT2D eigenvalue weighted by Gasteiger charge is 2.13. The SMILES string of the molecule is COCC(O)CN(C)C(=O)Cc1cccc(C)c1. The Hall–Kier alpha value is -1.39. The van der Waals surface area contributed by atoms with Gasteiger partial charge in [0.1, 0.15) is 0 Å². The summed E-state index contributed by atoms with van der Waals surface area (Å²) in [5, 5.41) is 9.56. The number of aryl methyl sites for hydroxylation is 1. The number of rotatable bonds is 6. The maximum absolute atomic E-state index is 11.9. The van der Waals surface area contributed by atoms with Gasteiger partial charge in [0.05, 0.1) is 19.1 Å². The lowest BCUT2D eigenvalue weighted by molar-refractivity contribution is -0.130. The lowest BCUT2D eigenvalue weighted by Gasteiger charge is -2.20. The zero-order valence-electron chi connectivity index (χ0n) is 11.2. The zero-order chi connectivity index (χ0) is 13.5. The summed E-state index contributed by atoms with van der Waals surface area (Å²) in [6.45, 7) is 2.53. The Morgan fingerprint density at radius 1 is 1.50 bits per heavy atom. The quantitative estimate of drug-likeness (QED) is 0.820. The maximum Gasteiger partial charge on any atom is 0.226 e. The van der Waals surface area contributed by atoms with Crippen LogP contribution in [0.1, 0.15) is 11.1 Å². The highest BCUT2D eigenvalue weighted by molar-refractivity contribution is 5.78. The number of carbonyl (C=O) groups excluding carboxylic acids is 1. The molecule has 100 valence electrons. The van der Waals surface area contributed by atoms with Crippen molar-refractivity contribution < 1.29 is 14.6 Å². The molecule has 0 radical (unpaired) electrons. The Kier molecular flexibility index (Phi) is 5.82. The van der Waals surface area contributed by atoms with Crippen molar-refractivity contribution in [2.24, 2.45) is 0 Å². The second-order valence-electron chi connectivity index (χ2n) is 4.55. The number of methoxy groups -OCH3 is 1. The molecular weight excluding hydrogens is 230 g/mol. The number of benzene rings is 1. The molecule has 0 saturated heterocycles. The third kappa shape index (κ3) is 4.85. The second-order valence-corrected chi connectivity index (χ2v) is 4.55. The number of aliphatic hydroxyl groups excluding tert-OH is 1. The van der Waals surface area contributed by atoms with E-state index in [1.807, 2.05) is 31.2 Å². The Labute approximate surface area is 108 Å². The van der Waals surface area contributed by atoms with E-state index in [-0.39, 0.29) is 12.5 Å². The van der Waals surface area contributed by atoms with Crippen LogP contribution in [0.25, 0.3) is 0 Å². The molecule has 1 unspecified atom stereocenters. The Morgan fingerprint density at radius 3 is 2.83 bits per heavy atom. The number of ether oxygens (including phenoxy) is 1. The molecule has 1 amide bonds. The van der Waals surface area contributed by atoms with E-state index in [0.717, 1.165) is 11.1 Å². The van der Waals surface area contributed by atoms with E-state index in [2.05, 4.69) is 0 Å². The largest absolute Gasteiger partial charge is 0.389 e. The molecule has 4 nitrogen and oxygen atoms in total. The zero-order valence-corrected chi connectivity index (χ0v) is 11.2. The predicted molar refractivity (Wildman–Crippen MR) is 70.4 cm³/mol. The lowest BCUT2D eigenvalue weighted by atomic mass is 10.1. The molecular formula is C14H21NO3. The fraction of sp³-hybridized carbons (Fsp3) is 0.500. The minimum atomic E-state index is -0.638. The molecule has 1 rings (SSSR count). The summed E-state index contributed by atoms with van der Waals surface area (Å²) in [6.07, 6.45) is -0.279. The van der Waals surface area contributed by atoms with Crippen molar-refractivity contribution in [3.05, 3.63) is 35.4 Å². The summed E-state index contributed by atoms with van der Waals surface area (Å²) in [7, 11) is 3.22. The summed E-state index contributed by atoms with van der Waals surface area (Å²) in [5.41, 5.74) is 2.13. The minimum Gasteiger partial charge on any atom is -0.389 e. The fourth-order valence-corrected chi connectivity index (χ4v) is 1.79. The van der Waals surface area contributed by atoms with Gasteiger partial charge in [-0.1, -0.05) is 29.8 Å². The van der Waals surface area contributed by atoms with Crippen LogP contribution < -0.4 is 0 Å². The number of aliphatic hydroxyl groups is 1. The van der Waals surface area contributed by atoms with E-state index in [1.54, 1.807) is 7.05 Å². The van der Waals surface area contributed by atoms with Crippen LogP contribution >= 0.6 is 0 Å². The standard InChI is InChI=1S/C14H21NO3/c1-11-5-4-6-12(7-11)8-14(17)15(2)9-13(16)10-18-3/h4-7,13,16H,8-10H2,1-3H3. The van der Waals surface area contributed by atoms with Gasteiger partial charge in [-0.15, -0.1) is 0 Å². The van der Waals surface area contributed by atoms with E-state index < -0.39 is 6.10 Å². The van der Waals surface area contributed by atoms with E-state index >= 15 is 0 Å². The van der Waals surface area contributed by atoms with Crippen LogP contribution in [0.2, 0.25) is 0 Å².